The molecule has 0 aliphatic rings. The zero-order valence-electron chi connectivity index (χ0n) is 13.5. The Bertz CT molecular complexity index is 1010. The Morgan fingerprint density at radius 3 is 3.00 bits per heavy atom. The Morgan fingerprint density at radius 1 is 1.28 bits per heavy atom. The van der Waals surface area contributed by atoms with Crippen molar-refractivity contribution in [2.24, 2.45) is 0 Å². The number of phenolic OH excluding ortho intramolecular Hbond substituents is 1. The summed E-state index contributed by atoms with van der Waals surface area (Å²) in [7, 11) is 1.59. The molecule has 0 amide bonds. The molecule has 6 nitrogen and oxygen atoms in total. The Morgan fingerprint density at radius 2 is 2.20 bits per heavy atom. The second-order valence-electron chi connectivity index (χ2n) is 5.45. The van der Waals surface area contributed by atoms with Crippen LogP contribution in [0.15, 0.2) is 60.0 Å². The molecule has 126 valence electrons. The third-order valence-electron chi connectivity index (χ3n) is 3.85. The van der Waals surface area contributed by atoms with Crippen LogP contribution in [0.3, 0.4) is 0 Å². The molecular formula is C18H16N4O2S. The normalized spacial score (nSPS) is 11.1. The molecule has 2 aromatic carbocycles. The summed E-state index contributed by atoms with van der Waals surface area (Å²) in [6, 6.07) is 11.3. The third-order valence-corrected chi connectivity index (χ3v) is 4.97. The van der Waals surface area contributed by atoms with Crippen molar-refractivity contribution in [3.8, 4) is 17.2 Å². The average Bonchev–Trinajstić information content (AvgIpc) is 3.29. The number of aromatic nitrogens is 4. The molecule has 0 radical (unpaired) electrons. The number of H-pyrrole nitrogens is 1. The summed E-state index contributed by atoms with van der Waals surface area (Å²) < 4.78 is 7.25. The van der Waals surface area contributed by atoms with Gasteiger partial charge in [-0.3, -0.25) is 0 Å². The van der Waals surface area contributed by atoms with Crippen LogP contribution in [-0.4, -0.2) is 31.7 Å². The minimum Gasteiger partial charge on any atom is -0.507 e. The molecule has 0 atom stereocenters. The van der Waals surface area contributed by atoms with Crippen LogP contribution in [0.25, 0.3) is 16.7 Å². The van der Waals surface area contributed by atoms with E-state index in [4.69, 9.17) is 4.74 Å². The molecular weight excluding hydrogens is 336 g/mol. The monoisotopic (exact) mass is 352 g/mol. The van der Waals surface area contributed by atoms with Gasteiger partial charge in [-0.25, -0.2) is 9.97 Å². The molecule has 0 saturated carbocycles. The van der Waals surface area contributed by atoms with Gasteiger partial charge in [-0.2, -0.15) is 0 Å². The molecule has 2 N–H and O–H groups in total. The van der Waals surface area contributed by atoms with Gasteiger partial charge in [-0.15, -0.1) is 11.8 Å². The molecule has 2 heterocycles. The Hall–Kier alpha value is -2.93. The van der Waals surface area contributed by atoms with Crippen molar-refractivity contribution in [2.45, 2.75) is 10.6 Å². The van der Waals surface area contributed by atoms with Gasteiger partial charge in [0.25, 0.3) is 0 Å². The lowest BCUT2D eigenvalue weighted by molar-refractivity contribution is 0.391. The molecule has 0 saturated heterocycles. The van der Waals surface area contributed by atoms with Crippen LogP contribution in [0, 0.1) is 0 Å². The van der Waals surface area contributed by atoms with Crippen LogP contribution in [0.1, 0.15) is 5.82 Å². The number of methoxy groups -OCH3 is 1. The molecule has 7 heteroatoms. The van der Waals surface area contributed by atoms with Gasteiger partial charge in [-0.05, 0) is 30.3 Å². The lowest BCUT2D eigenvalue weighted by atomic mass is 10.3. The van der Waals surface area contributed by atoms with E-state index in [-0.39, 0.29) is 5.75 Å². The number of aromatic amines is 1. The smallest absolute Gasteiger partial charge is 0.136 e. The second kappa shape index (κ2) is 6.52. The number of aromatic hydroxyl groups is 1. The van der Waals surface area contributed by atoms with Crippen LogP contribution in [-0.2, 0) is 5.75 Å². The molecule has 0 spiro atoms. The van der Waals surface area contributed by atoms with Crippen LogP contribution in [0.2, 0.25) is 0 Å². The molecule has 4 aromatic rings. The minimum absolute atomic E-state index is 0.211. The van der Waals surface area contributed by atoms with E-state index in [1.807, 2.05) is 35.0 Å². The summed E-state index contributed by atoms with van der Waals surface area (Å²) in [4.78, 5) is 12.7. The van der Waals surface area contributed by atoms with E-state index in [0.29, 0.717) is 16.4 Å². The number of ether oxygens (including phenoxy) is 1. The van der Waals surface area contributed by atoms with Crippen molar-refractivity contribution >= 4 is 22.8 Å². The third kappa shape index (κ3) is 3.06. The first-order valence-electron chi connectivity index (χ1n) is 7.70. The van der Waals surface area contributed by atoms with Gasteiger partial charge in [0.05, 0.1) is 35.1 Å². The topological polar surface area (TPSA) is 76.0 Å². The van der Waals surface area contributed by atoms with Crippen LogP contribution >= 0.6 is 11.8 Å². The first kappa shape index (κ1) is 15.6. The van der Waals surface area contributed by atoms with Gasteiger partial charge in [0.2, 0.25) is 0 Å². The predicted octanol–water partition coefficient (Wildman–Crippen LogP) is 3.76. The number of hydrogen-bond donors (Lipinski definition) is 2. The van der Waals surface area contributed by atoms with E-state index in [1.165, 1.54) is 11.8 Å². The van der Waals surface area contributed by atoms with Gasteiger partial charge >= 0.3 is 0 Å². The highest BCUT2D eigenvalue weighted by Crippen LogP contribution is 2.38. The van der Waals surface area contributed by atoms with Gasteiger partial charge in [0.1, 0.15) is 17.3 Å². The maximum absolute atomic E-state index is 10.0. The van der Waals surface area contributed by atoms with Crippen molar-refractivity contribution in [3.05, 3.63) is 60.9 Å². The molecule has 2 aromatic heterocycles. The zero-order valence-corrected chi connectivity index (χ0v) is 14.3. The highest BCUT2D eigenvalue weighted by molar-refractivity contribution is 7.98. The maximum Gasteiger partial charge on any atom is 0.136 e. The number of phenols is 1. The molecule has 4 rings (SSSR count). The fraction of sp³-hybridized carbons (Fsp3) is 0.111. The van der Waals surface area contributed by atoms with E-state index in [1.54, 1.807) is 31.8 Å². The molecule has 25 heavy (non-hydrogen) atoms. The first-order valence-corrected chi connectivity index (χ1v) is 8.69. The number of imidazole rings is 2. The number of fused-ring (bicyclic) bond motifs is 1. The van der Waals surface area contributed by atoms with Crippen LogP contribution in [0.4, 0.5) is 0 Å². The van der Waals surface area contributed by atoms with E-state index < -0.39 is 0 Å². The lowest BCUT2D eigenvalue weighted by Crippen LogP contribution is -1.89. The van der Waals surface area contributed by atoms with E-state index in [2.05, 4.69) is 15.0 Å². The molecule has 0 aliphatic heterocycles. The number of rotatable bonds is 5. The first-order chi connectivity index (χ1) is 12.2. The van der Waals surface area contributed by atoms with Gasteiger partial charge in [0, 0.05) is 18.1 Å². The number of benzene rings is 2. The fourth-order valence-corrected chi connectivity index (χ4v) is 3.57. The molecule has 0 fully saturated rings. The lowest BCUT2D eigenvalue weighted by Gasteiger charge is -2.08. The fourth-order valence-electron chi connectivity index (χ4n) is 2.64. The number of nitrogens with zero attached hydrogens (tertiary/aromatic N) is 3. The molecule has 0 aliphatic carbocycles. The number of thioether (sulfide) groups is 1. The van der Waals surface area contributed by atoms with Crippen molar-refractivity contribution < 1.29 is 9.84 Å². The highest BCUT2D eigenvalue weighted by Gasteiger charge is 2.11. The summed E-state index contributed by atoms with van der Waals surface area (Å²) >= 11 is 1.48. The largest absolute Gasteiger partial charge is 0.507 e. The SMILES string of the molecule is COc1cccc(O)c1SCc1nc2cc(-n3ccnc3)ccc2[nH]1. The van der Waals surface area contributed by atoms with Gasteiger partial charge in [0.15, 0.2) is 0 Å². The van der Waals surface area contributed by atoms with Gasteiger partial charge < -0.3 is 19.4 Å². The van der Waals surface area contributed by atoms with E-state index >= 15 is 0 Å². The van der Waals surface area contributed by atoms with E-state index in [0.717, 1.165) is 22.5 Å². The maximum atomic E-state index is 10.0. The van der Waals surface area contributed by atoms with E-state index in [9.17, 15) is 5.11 Å². The summed E-state index contributed by atoms with van der Waals surface area (Å²) in [6.07, 6.45) is 5.40. The summed E-state index contributed by atoms with van der Waals surface area (Å²) in [5, 5.41) is 10.0. The average molecular weight is 352 g/mol. The Labute approximate surface area is 148 Å². The summed E-state index contributed by atoms with van der Waals surface area (Å²) in [5.74, 6) is 2.31. The number of hydrogen-bond acceptors (Lipinski definition) is 5. The standard InChI is InChI=1S/C18H16N4O2S/c1-24-16-4-2-3-15(23)18(16)25-10-17-20-13-6-5-12(9-14(13)21-17)22-8-7-19-11-22/h2-9,11,23H,10H2,1H3,(H,20,21). The van der Waals surface area contributed by atoms with Crippen LogP contribution < -0.4 is 4.74 Å². The van der Waals surface area contributed by atoms with Crippen molar-refractivity contribution in [1.82, 2.24) is 19.5 Å². The minimum atomic E-state index is 0.211. The summed E-state index contributed by atoms with van der Waals surface area (Å²) in [5.41, 5.74) is 2.88. The van der Waals surface area contributed by atoms with Crippen molar-refractivity contribution in [1.29, 1.82) is 0 Å². The second-order valence-corrected chi connectivity index (χ2v) is 6.44. The van der Waals surface area contributed by atoms with Gasteiger partial charge in [-0.1, -0.05) is 6.07 Å². The van der Waals surface area contributed by atoms with Crippen molar-refractivity contribution in [3.63, 3.8) is 0 Å². The Balaban J connectivity index is 1.58. The van der Waals surface area contributed by atoms with Crippen LogP contribution in [0.5, 0.6) is 11.5 Å². The number of nitrogens with one attached hydrogen (secondary N) is 1. The summed E-state index contributed by atoms with van der Waals surface area (Å²) in [6.45, 7) is 0. The molecule has 0 bridgehead atoms. The quantitative estimate of drug-likeness (QED) is 0.535. The van der Waals surface area contributed by atoms with Crippen molar-refractivity contribution in [2.75, 3.05) is 7.11 Å². The zero-order chi connectivity index (χ0) is 17.2. The highest BCUT2D eigenvalue weighted by atomic mass is 32.2. The molecule has 0 unspecified atom stereocenters. The predicted molar refractivity (Wildman–Crippen MR) is 97.4 cm³/mol. The Kier molecular flexibility index (Phi) is 4.07.